The summed E-state index contributed by atoms with van der Waals surface area (Å²) in [6.45, 7) is 0. The normalized spacial score (nSPS) is 8.80. The van der Waals surface area contributed by atoms with Crippen LogP contribution in [0.15, 0.2) is 23.8 Å². The van der Waals surface area contributed by atoms with Gasteiger partial charge in [0.1, 0.15) is 23.5 Å². The lowest BCUT2D eigenvalue weighted by atomic mass is 10.1. The smallest absolute Gasteiger partial charge is 0.130 e. The fourth-order valence-corrected chi connectivity index (χ4v) is 1.47. The highest BCUT2D eigenvalue weighted by Gasteiger charge is 2.01. The molecule has 0 spiro atoms. The van der Waals surface area contributed by atoms with E-state index < -0.39 is 0 Å². The molecule has 1 aromatic rings. The van der Waals surface area contributed by atoms with Gasteiger partial charge in [-0.1, -0.05) is 22.0 Å². The van der Waals surface area contributed by atoms with Gasteiger partial charge in [0.2, 0.25) is 0 Å². The SMILES string of the molecule is N#CC(C#N)=Cc1ccc(F)c(CBr)c1. The Morgan fingerprint density at radius 3 is 2.60 bits per heavy atom. The first kappa shape index (κ1) is 11.4. The Kier molecular flexibility index (Phi) is 4.03. The minimum absolute atomic E-state index is 0.00197. The molecule has 4 heteroatoms. The van der Waals surface area contributed by atoms with E-state index in [1.165, 1.54) is 18.2 Å². The zero-order valence-electron chi connectivity index (χ0n) is 7.67. The summed E-state index contributed by atoms with van der Waals surface area (Å²) in [5.74, 6) is -0.306. The summed E-state index contributed by atoms with van der Waals surface area (Å²) in [6, 6.07) is 7.93. The molecule has 0 N–H and O–H groups in total. The molecule has 0 unspecified atom stereocenters. The second-order valence-electron chi connectivity index (χ2n) is 2.77. The van der Waals surface area contributed by atoms with Crippen molar-refractivity contribution in [1.29, 1.82) is 10.5 Å². The van der Waals surface area contributed by atoms with Crippen LogP contribution in [0.2, 0.25) is 0 Å². The number of nitriles is 2. The Morgan fingerprint density at radius 1 is 1.40 bits per heavy atom. The van der Waals surface area contributed by atoms with Crippen molar-refractivity contribution in [1.82, 2.24) is 0 Å². The van der Waals surface area contributed by atoms with Crippen LogP contribution in [0.25, 0.3) is 6.08 Å². The van der Waals surface area contributed by atoms with Crippen LogP contribution in [0, 0.1) is 28.5 Å². The Bertz CT molecular complexity index is 464. The highest BCUT2D eigenvalue weighted by molar-refractivity contribution is 9.08. The summed E-state index contributed by atoms with van der Waals surface area (Å²) in [5, 5.41) is 17.5. The zero-order chi connectivity index (χ0) is 11.3. The molecule has 0 aliphatic carbocycles. The summed E-state index contributed by atoms with van der Waals surface area (Å²) in [6.07, 6.45) is 1.42. The second kappa shape index (κ2) is 5.29. The number of hydrogen-bond acceptors (Lipinski definition) is 2. The van der Waals surface area contributed by atoms with Crippen molar-refractivity contribution < 1.29 is 4.39 Å². The molecule has 1 rings (SSSR count). The molecule has 2 nitrogen and oxygen atoms in total. The van der Waals surface area contributed by atoms with Gasteiger partial charge < -0.3 is 0 Å². The highest BCUT2D eigenvalue weighted by Crippen LogP contribution is 2.15. The number of hydrogen-bond donors (Lipinski definition) is 0. The van der Waals surface area contributed by atoms with Gasteiger partial charge in [0, 0.05) is 5.33 Å². The molecular formula is C11H6BrFN2. The third-order valence-electron chi connectivity index (χ3n) is 1.77. The van der Waals surface area contributed by atoms with Crippen LogP contribution >= 0.6 is 15.9 Å². The lowest BCUT2D eigenvalue weighted by Crippen LogP contribution is -1.87. The van der Waals surface area contributed by atoms with Crippen molar-refractivity contribution in [3.63, 3.8) is 0 Å². The van der Waals surface area contributed by atoms with Gasteiger partial charge in [-0.05, 0) is 29.3 Å². The molecule has 1 aromatic carbocycles. The maximum Gasteiger partial charge on any atom is 0.130 e. The Hall–Kier alpha value is -1.65. The molecule has 0 saturated heterocycles. The summed E-state index contributed by atoms with van der Waals surface area (Å²) >= 11 is 3.15. The first-order valence-electron chi connectivity index (χ1n) is 4.07. The lowest BCUT2D eigenvalue weighted by molar-refractivity contribution is 0.617. The average molecular weight is 265 g/mol. The van der Waals surface area contributed by atoms with Crippen molar-refractivity contribution in [2.75, 3.05) is 0 Å². The number of halogens is 2. The largest absolute Gasteiger partial charge is 0.207 e. The topological polar surface area (TPSA) is 47.6 Å². The van der Waals surface area contributed by atoms with Gasteiger partial charge in [-0.3, -0.25) is 0 Å². The predicted molar refractivity (Wildman–Crippen MR) is 58.2 cm³/mol. The molecule has 0 heterocycles. The van der Waals surface area contributed by atoms with Crippen molar-refractivity contribution in [3.8, 4) is 12.1 Å². The molecule has 0 saturated carbocycles. The van der Waals surface area contributed by atoms with Gasteiger partial charge in [-0.2, -0.15) is 10.5 Å². The highest BCUT2D eigenvalue weighted by atomic mass is 79.9. The lowest BCUT2D eigenvalue weighted by Gasteiger charge is -1.99. The zero-order valence-corrected chi connectivity index (χ0v) is 9.25. The first-order chi connectivity index (χ1) is 7.21. The van der Waals surface area contributed by atoms with Crippen molar-refractivity contribution in [2.45, 2.75) is 5.33 Å². The molecule has 0 atom stereocenters. The third-order valence-corrected chi connectivity index (χ3v) is 2.37. The molecule has 0 aliphatic rings. The molecule has 0 bridgehead atoms. The van der Waals surface area contributed by atoms with E-state index in [0.717, 1.165) is 0 Å². The van der Waals surface area contributed by atoms with E-state index in [1.54, 1.807) is 18.2 Å². The Balaban J connectivity index is 3.14. The van der Waals surface area contributed by atoms with E-state index in [1.807, 2.05) is 0 Å². The molecule has 74 valence electrons. The maximum absolute atomic E-state index is 13.1. The van der Waals surface area contributed by atoms with Gasteiger partial charge in [0.15, 0.2) is 0 Å². The van der Waals surface area contributed by atoms with Gasteiger partial charge in [-0.25, -0.2) is 4.39 Å². The average Bonchev–Trinajstić information content (AvgIpc) is 2.28. The second-order valence-corrected chi connectivity index (χ2v) is 3.33. The molecule has 0 aromatic heterocycles. The van der Waals surface area contributed by atoms with Crippen LogP contribution < -0.4 is 0 Å². The van der Waals surface area contributed by atoms with Crippen LogP contribution in [0.4, 0.5) is 4.39 Å². The monoisotopic (exact) mass is 264 g/mol. The van der Waals surface area contributed by atoms with E-state index in [-0.39, 0.29) is 11.4 Å². The molecule has 0 aliphatic heterocycles. The Labute approximate surface area is 95.4 Å². The van der Waals surface area contributed by atoms with E-state index in [2.05, 4.69) is 15.9 Å². The van der Waals surface area contributed by atoms with Crippen LogP contribution in [-0.4, -0.2) is 0 Å². The van der Waals surface area contributed by atoms with Crippen LogP contribution in [0.3, 0.4) is 0 Å². The number of alkyl halides is 1. The van der Waals surface area contributed by atoms with Gasteiger partial charge in [0.25, 0.3) is 0 Å². The van der Waals surface area contributed by atoms with E-state index >= 15 is 0 Å². The summed E-state index contributed by atoms with van der Waals surface area (Å²) < 4.78 is 13.1. The molecule has 0 radical (unpaired) electrons. The summed E-state index contributed by atoms with van der Waals surface area (Å²) in [4.78, 5) is 0. The van der Waals surface area contributed by atoms with Crippen LogP contribution in [0.1, 0.15) is 11.1 Å². The number of benzene rings is 1. The molecule has 0 fully saturated rings. The molecule has 0 amide bonds. The number of nitrogens with zero attached hydrogens (tertiary/aromatic N) is 2. The quantitative estimate of drug-likeness (QED) is 0.609. The minimum Gasteiger partial charge on any atom is -0.207 e. The van der Waals surface area contributed by atoms with Gasteiger partial charge in [0.05, 0.1) is 0 Å². The minimum atomic E-state index is -0.306. The fourth-order valence-electron chi connectivity index (χ4n) is 1.04. The number of allylic oxidation sites excluding steroid dienone is 1. The van der Waals surface area contributed by atoms with Crippen molar-refractivity contribution in [3.05, 3.63) is 40.7 Å². The van der Waals surface area contributed by atoms with Crippen molar-refractivity contribution in [2.24, 2.45) is 0 Å². The molecular weight excluding hydrogens is 259 g/mol. The summed E-state index contributed by atoms with van der Waals surface area (Å²) in [7, 11) is 0. The first-order valence-corrected chi connectivity index (χ1v) is 5.19. The van der Waals surface area contributed by atoms with Crippen LogP contribution in [0.5, 0.6) is 0 Å². The standard InChI is InChI=1S/C11H6BrFN2/c12-5-10-4-8(1-2-11(10)13)3-9(6-14)7-15/h1-4H,5H2. The number of rotatable bonds is 2. The third kappa shape index (κ3) is 2.90. The summed E-state index contributed by atoms with van der Waals surface area (Å²) in [5.41, 5.74) is 1.14. The van der Waals surface area contributed by atoms with E-state index in [0.29, 0.717) is 16.5 Å². The molecule has 15 heavy (non-hydrogen) atoms. The predicted octanol–water partition coefficient (Wildman–Crippen LogP) is 3.15. The maximum atomic E-state index is 13.1. The van der Waals surface area contributed by atoms with E-state index in [9.17, 15) is 4.39 Å². The van der Waals surface area contributed by atoms with Crippen molar-refractivity contribution >= 4 is 22.0 Å². The van der Waals surface area contributed by atoms with Gasteiger partial charge >= 0.3 is 0 Å². The van der Waals surface area contributed by atoms with E-state index in [4.69, 9.17) is 10.5 Å². The Morgan fingerprint density at radius 2 is 2.07 bits per heavy atom. The van der Waals surface area contributed by atoms with Gasteiger partial charge in [-0.15, -0.1) is 0 Å². The van der Waals surface area contributed by atoms with Crippen LogP contribution in [-0.2, 0) is 5.33 Å². The fraction of sp³-hybridized carbons (Fsp3) is 0.0909.